The fraction of sp³-hybridized carbons (Fsp3) is 0.520. The van der Waals surface area contributed by atoms with Crippen LogP contribution >= 0.6 is 11.8 Å². The molecule has 2 aromatic heterocycles. The van der Waals surface area contributed by atoms with E-state index in [1.807, 2.05) is 28.5 Å². The number of fused-ring (bicyclic) bond motifs is 1. The van der Waals surface area contributed by atoms with Gasteiger partial charge in [-0.25, -0.2) is 19.7 Å². The number of aliphatic hydroxyl groups excluding tert-OH is 1. The molecule has 0 aliphatic heterocycles. The van der Waals surface area contributed by atoms with E-state index >= 15 is 0 Å². The number of anilines is 2. The maximum absolute atomic E-state index is 12.1. The summed E-state index contributed by atoms with van der Waals surface area (Å²) in [6.45, 7) is 7.87. The lowest BCUT2D eigenvalue weighted by Crippen LogP contribution is -2.29. The molecule has 0 aliphatic carbocycles. The Morgan fingerprint density at radius 3 is 2.58 bits per heavy atom. The van der Waals surface area contributed by atoms with Crippen molar-refractivity contribution in [2.24, 2.45) is 0 Å². The summed E-state index contributed by atoms with van der Waals surface area (Å²) in [5.74, 6) is 2.22. The topological polar surface area (TPSA) is 140 Å². The molecule has 10 nitrogen and oxygen atoms in total. The molecule has 0 saturated heterocycles. The van der Waals surface area contributed by atoms with Gasteiger partial charge in [0.2, 0.25) is 0 Å². The number of ether oxygens (including phenoxy) is 1. The minimum Gasteiger partial charge on any atom is -0.400 e. The van der Waals surface area contributed by atoms with Gasteiger partial charge in [-0.05, 0) is 41.7 Å². The molecule has 3 rings (SSSR count). The molecule has 2 amide bonds. The van der Waals surface area contributed by atoms with E-state index < -0.39 is 0 Å². The number of aryl methyl sites for hydroxylation is 1. The lowest BCUT2D eigenvalue weighted by molar-refractivity contribution is 0.111. The first-order valence-electron chi connectivity index (χ1n) is 11.9. The number of nitrogens with zero attached hydrogens (tertiary/aromatic N) is 4. The van der Waals surface area contributed by atoms with Crippen LogP contribution in [-0.2, 0) is 16.7 Å². The molecule has 11 heteroatoms. The Morgan fingerprint density at radius 1 is 1.19 bits per heavy atom. The van der Waals surface area contributed by atoms with Crippen LogP contribution in [0.25, 0.3) is 11.2 Å². The van der Waals surface area contributed by atoms with Crippen LogP contribution < -0.4 is 16.4 Å². The predicted octanol–water partition coefficient (Wildman–Crippen LogP) is 3.66. The number of methoxy groups -OCH3 is 1. The normalized spacial score (nSPS) is 12.1. The van der Waals surface area contributed by atoms with E-state index in [-0.39, 0.29) is 17.6 Å². The molecular weight excluding hydrogens is 478 g/mol. The Balaban J connectivity index is 0.00000222. The van der Waals surface area contributed by atoms with Crippen molar-refractivity contribution < 1.29 is 14.6 Å². The Kier molecular flexibility index (Phi) is 11.9. The standard InChI is InChI=1S/C24H35N7O2S.CH4O/c1-24(2,3)17-6-8-18(9-7-17)30-23(32)26-11-5-13-34-14-19(33-4)10-12-31-16-29-20-21(25)27-15-28-22(20)31;1-2/h6-9,15-16,19H,5,10-14H2,1-4H3,(H2,25,27,28)(H2,26,30,32);2H,1H3. The smallest absolute Gasteiger partial charge is 0.319 e. The van der Waals surface area contributed by atoms with Crippen molar-refractivity contribution in [1.82, 2.24) is 24.8 Å². The summed E-state index contributed by atoms with van der Waals surface area (Å²) in [5, 5.41) is 12.8. The summed E-state index contributed by atoms with van der Waals surface area (Å²) in [6, 6.07) is 7.80. The van der Waals surface area contributed by atoms with Crippen molar-refractivity contribution in [3.05, 3.63) is 42.5 Å². The van der Waals surface area contributed by atoms with Crippen molar-refractivity contribution in [1.29, 1.82) is 0 Å². The molecule has 1 unspecified atom stereocenters. The van der Waals surface area contributed by atoms with Crippen molar-refractivity contribution >= 4 is 40.5 Å². The Labute approximate surface area is 217 Å². The van der Waals surface area contributed by atoms with Crippen LogP contribution in [0.5, 0.6) is 0 Å². The van der Waals surface area contributed by atoms with Gasteiger partial charge in [0.1, 0.15) is 11.8 Å². The van der Waals surface area contributed by atoms with Crippen LogP contribution in [0.3, 0.4) is 0 Å². The number of thioether (sulfide) groups is 1. The Bertz CT molecular complexity index is 1070. The fourth-order valence-electron chi connectivity index (χ4n) is 3.43. The number of nitrogens with two attached hydrogens (primary N) is 1. The van der Waals surface area contributed by atoms with E-state index in [0.29, 0.717) is 17.9 Å². The van der Waals surface area contributed by atoms with Gasteiger partial charge in [-0.2, -0.15) is 11.8 Å². The van der Waals surface area contributed by atoms with Crippen molar-refractivity contribution in [3.63, 3.8) is 0 Å². The molecule has 0 saturated carbocycles. The average molecular weight is 518 g/mol. The summed E-state index contributed by atoms with van der Waals surface area (Å²) in [5.41, 5.74) is 9.34. The number of imidazole rings is 1. The minimum absolute atomic E-state index is 0.0949. The number of carbonyl (C=O) groups is 1. The highest BCUT2D eigenvalue weighted by molar-refractivity contribution is 7.99. The highest BCUT2D eigenvalue weighted by Gasteiger charge is 2.14. The second kappa shape index (κ2) is 14.6. The SMILES string of the molecule is CO.COC(CCn1cnc2c(N)ncnc21)CSCCCNC(=O)Nc1ccc(C(C)(C)C)cc1. The highest BCUT2D eigenvalue weighted by Crippen LogP contribution is 2.23. The number of nitrogen functional groups attached to an aromatic ring is 1. The zero-order valence-electron chi connectivity index (χ0n) is 21.8. The third kappa shape index (κ3) is 8.96. The molecule has 3 aromatic rings. The third-order valence-electron chi connectivity index (χ3n) is 5.52. The van der Waals surface area contributed by atoms with Crippen molar-refractivity contribution in [2.45, 2.75) is 51.7 Å². The van der Waals surface area contributed by atoms with Crippen molar-refractivity contribution in [2.75, 3.05) is 43.3 Å². The highest BCUT2D eigenvalue weighted by atomic mass is 32.2. The number of hydrogen-bond acceptors (Lipinski definition) is 8. The van der Waals surface area contributed by atoms with E-state index in [9.17, 15) is 4.79 Å². The van der Waals surface area contributed by atoms with Gasteiger partial charge in [-0.1, -0.05) is 32.9 Å². The number of amides is 2. The number of aliphatic hydroxyl groups is 1. The second-order valence-corrected chi connectivity index (χ2v) is 10.3. The largest absolute Gasteiger partial charge is 0.400 e. The van der Waals surface area contributed by atoms with Gasteiger partial charge in [0.15, 0.2) is 11.5 Å². The first kappa shape index (κ1) is 29.3. The molecule has 0 fully saturated rings. The molecule has 0 bridgehead atoms. The minimum atomic E-state index is -0.180. The van der Waals surface area contributed by atoms with E-state index in [0.717, 1.165) is 49.3 Å². The quantitative estimate of drug-likeness (QED) is 0.283. The number of urea groups is 1. The number of benzene rings is 1. The number of nitrogens with one attached hydrogen (secondary N) is 2. The van der Waals surface area contributed by atoms with Crippen LogP contribution in [0, 0.1) is 0 Å². The Hall–Kier alpha value is -2.89. The van der Waals surface area contributed by atoms with E-state index in [1.54, 1.807) is 13.4 Å². The van der Waals surface area contributed by atoms with E-state index in [1.165, 1.54) is 11.9 Å². The molecule has 1 atom stereocenters. The lowest BCUT2D eigenvalue weighted by atomic mass is 9.87. The molecular formula is C25H39N7O3S. The molecule has 0 spiro atoms. The second-order valence-electron chi connectivity index (χ2n) is 9.15. The summed E-state index contributed by atoms with van der Waals surface area (Å²) < 4.78 is 7.61. The number of aromatic nitrogens is 4. The predicted molar refractivity (Wildman–Crippen MR) is 147 cm³/mol. The van der Waals surface area contributed by atoms with Crippen LogP contribution in [0.4, 0.5) is 16.3 Å². The fourth-order valence-corrected chi connectivity index (χ4v) is 4.52. The molecule has 2 heterocycles. The first-order valence-corrected chi connectivity index (χ1v) is 13.1. The van der Waals surface area contributed by atoms with Gasteiger partial charge < -0.3 is 30.8 Å². The summed E-state index contributed by atoms with van der Waals surface area (Å²) in [6.07, 6.45) is 5.05. The van der Waals surface area contributed by atoms with Crippen LogP contribution in [0.15, 0.2) is 36.9 Å². The van der Waals surface area contributed by atoms with Crippen LogP contribution in [0.2, 0.25) is 0 Å². The van der Waals surface area contributed by atoms with Gasteiger partial charge in [-0.3, -0.25) is 0 Å². The zero-order valence-corrected chi connectivity index (χ0v) is 22.6. The molecule has 36 heavy (non-hydrogen) atoms. The number of hydrogen-bond donors (Lipinski definition) is 4. The lowest BCUT2D eigenvalue weighted by Gasteiger charge is -2.19. The molecule has 0 aliphatic rings. The van der Waals surface area contributed by atoms with Gasteiger partial charge in [0.05, 0.1) is 12.4 Å². The maximum Gasteiger partial charge on any atom is 0.319 e. The molecule has 198 valence electrons. The van der Waals surface area contributed by atoms with Gasteiger partial charge in [0.25, 0.3) is 0 Å². The monoisotopic (exact) mass is 517 g/mol. The maximum atomic E-state index is 12.1. The summed E-state index contributed by atoms with van der Waals surface area (Å²) in [4.78, 5) is 24.7. The average Bonchev–Trinajstić information content (AvgIpc) is 3.28. The van der Waals surface area contributed by atoms with Crippen molar-refractivity contribution in [3.8, 4) is 0 Å². The number of carbonyl (C=O) groups excluding carboxylic acids is 1. The molecule has 1 aromatic carbocycles. The van der Waals surface area contributed by atoms with E-state index in [4.69, 9.17) is 15.6 Å². The molecule has 5 N–H and O–H groups in total. The summed E-state index contributed by atoms with van der Waals surface area (Å²) >= 11 is 1.82. The first-order chi connectivity index (χ1) is 17.3. The zero-order chi connectivity index (χ0) is 26.6. The summed E-state index contributed by atoms with van der Waals surface area (Å²) in [7, 11) is 2.73. The van der Waals surface area contributed by atoms with Gasteiger partial charge >= 0.3 is 6.03 Å². The van der Waals surface area contributed by atoms with Gasteiger partial charge in [0, 0.05) is 38.7 Å². The molecule has 0 radical (unpaired) electrons. The van der Waals surface area contributed by atoms with Gasteiger partial charge in [-0.15, -0.1) is 0 Å². The number of rotatable bonds is 11. The van der Waals surface area contributed by atoms with E-state index in [2.05, 4.69) is 58.5 Å². The van der Waals surface area contributed by atoms with Crippen LogP contribution in [0.1, 0.15) is 39.2 Å². The van der Waals surface area contributed by atoms with Crippen LogP contribution in [-0.4, -0.2) is 69.0 Å². The third-order valence-corrected chi connectivity index (χ3v) is 6.70. The Morgan fingerprint density at radius 2 is 1.92 bits per heavy atom.